The molecule has 0 unspecified atom stereocenters. The number of rotatable bonds is 6. The van der Waals surface area contributed by atoms with Gasteiger partial charge in [-0.15, -0.1) is 11.3 Å². The average molecular weight is 496 g/mol. The number of hydrogen-bond donors (Lipinski definition) is 0. The van der Waals surface area contributed by atoms with Crippen LogP contribution in [0.5, 0.6) is 11.5 Å². The van der Waals surface area contributed by atoms with E-state index in [1.807, 2.05) is 32.0 Å². The Morgan fingerprint density at radius 1 is 1.09 bits per heavy atom. The van der Waals surface area contributed by atoms with Gasteiger partial charge in [-0.05, 0) is 61.4 Å². The molecule has 0 saturated carbocycles. The average Bonchev–Trinajstić information content (AvgIpc) is 3.20. The van der Waals surface area contributed by atoms with Crippen LogP contribution in [-0.4, -0.2) is 9.55 Å². The number of nitriles is 1. The molecular weight excluding hydrogens is 475 g/mol. The molecule has 4 aromatic rings. The Labute approximate surface area is 203 Å². The predicted octanol–water partition coefficient (Wildman–Crippen LogP) is 6.57. The molecule has 9 heteroatoms. The smallest absolute Gasteiger partial charge is 0.417 e. The maximum Gasteiger partial charge on any atom is 0.417 e. The summed E-state index contributed by atoms with van der Waals surface area (Å²) < 4.78 is 48.2. The second-order valence-electron chi connectivity index (χ2n) is 7.72. The Bertz CT molecular complexity index is 1450. The van der Waals surface area contributed by atoms with Crippen molar-refractivity contribution in [2.24, 2.45) is 0 Å². The van der Waals surface area contributed by atoms with Crippen LogP contribution in [-0.2, 0) is 19.1 Å². The molecule has 2 aromatic carbocycles. The standard InChI is InChI=1S/C26H20F3N3O2S/c1-3-24-31-22(16(2)35-24)15-32-23(13-21(26(27,28)29)20(14-30)25(32)33)17-9-11-19(12-10-17)34-18-7-5-4-6-8-18/h4-13H,3,15H2,1-2H3. The molecule has 2 heterocycles. The van der Waals surface area contributed by atoms with Crippen molar-refractivity contribution >= 4 is 11.3 Å². The van der Waals surface area contributed by atoms with Crippen molar-refractivity contribution in [3.63, 3.8) is 0 Å². The van der Waals surface area contributed by atoms with Crippen LogP contribution in [0.1, 0.15) is 33.6 Å². The first-order valence-electron chi connectivity index (χ1n) is 10.7. The third-order valence-electron chi connectivity index (χ3n) is 5.39. The van der Waals surface area contributed by atoms with E-state index in [2.05, 4.69) is 4.98 Å². The van der Waals surface area contributed by atoms with Crippen molar-refractivity contribution in [1.82, 2.24) is 9.55 Å². The van der Waals surface area contributed by atoms with Gasteiger partial charge in [-0.3, -0.25) is 4.79 Å². The molecule has 0 aliphatic heterocycles. The highest BCUT2D eigenvalue weighted by atomic mass is 32.1. The van der Waals surface area contributed by atoms with E-state index in [4.69, 9.17) is 4.74 Å². The molecule has 4 rings (SSSR count). The van der Waals surface area contributed by atoms with Crippen LogP contribution in [0.3, 0.4) is 0 Å². The first kappa shape index (κ1) is 24.2. The summed E-state index contributed by atoms with van der Waals surface area (Å²) in [6.07, 6.45) is -4.16. The number of hydrogen-bond acceptors (Lipinski definition) is 5. The van der Waals surface area contributed by atoms with Gasteiger partial charge in [0.25, 0.3) is 5.56 Å². The van der Waals surface area contributed by atoms with Gasteiger partial charge in [0.05, 0.1) is 28.5 Å². The first-order valence-corrected chi connectivity index (χ1v) is 11.6. The van der Waals surface area contributed by atoms with Crippen LogP contribution in [0, 0.1) is 18.3 Å². The lowest BCUT2D eigenvalue weighted by Crippen LogP contribution is -2.29. The molecule has 0 aliphatic rings. The fourth-order valence-electron chi connectivity index (χ4n) is 3.63. The lowest BCUT2D eigenvalue weighted by Gasteiger charge is -2.17. The molecule has 0 bridgehead atoms. The minimum atomic E-state index is -4.86. The second-order valence-corrected chi connectivity index (χ2v) is 9.01. The van der Waals surface area contributed by atoms with E-state index in [1.165, 1.54) is 22.0 Å². The van der Waals surface area contributed by atoms with Crippen LogP contribution in [0.2, 0.25) is 0 Å². The Hall–Kier alpha value is -3.90. The lowest BCUT2D eigenvalue weighted by molar-refractivity contribution is -0.137. The maximum absolute atomic E-state index is 13.8. The Kier molecular flexibility index (Phi) is 6.76. The lowest BCUT2D eigenvalue weighted by atomic mass is 10.0. The number of aromatic nitrogens is 2. The summed E-state index contributed by atoms with van der Waals surface area (Å²) in [4.78, 5) is 18.5. The largest absolute Gasteiger partial charge is 0.457 e. The van der Waals surface area contributed by atoms with Crippen LogP contribution in [0.25, 0.3) is 11.3 Å². The molecule has 178 valence electrons. The van der Waals surface area contributed by atoms with Crippen molar-refractivity contribution in [1.29, 1.82) is 5.26 Å². The van der Waals surface area contributed by atoms with E-state index in [-0.39, 0.29) is 12.2 Å². The zero-order valence-corrected chi connectivity index (χ0v) is 19.7. The van der Waals surface area contributed by atoms with E-state index in [9.17, 15) is 23.2 Å². The SMILES string of the molecule is CCc1nc(Cn2c(-c3ccc(Oc4ccccc4)cc3)cc(C(F)(F)F)c(C#N)c2=O)c(C)s1. The fraction of sp³-hybridized carbons (Fsp3) is 0.192. The Morgan fingerprint density at radius 3 is 2.31 bits per heavy atom. The van der Waals surface area contributed by atoms with Crippen molar-refractivity contribution in [2.45, 2.75) is 33.0 Å². The molecule has 0 N–H and O–H groups in total. The highest BCUT2D eigenvalue weighted by molar-refractivity contribution is 7.11. The molecule has 2 aromatic heterocycles. The molecule has 0 saturated heterocycles. The number of thiazole rings is 1. The van der Waals surface area contributed by atoms with Crippen LogP contribution < -0.4 is 10.3 Å². The van der Waals surface area contributed by atoms with Gasteiger partial charge in [0, 0.05) is 4.88 Å². The summed E-state index contributed by atoms with van der Waals surface area (Å²) >= 11 is 1.47. The van der Waals surface area contributed by atoms with Crippen LogP contribution in [0.4, 0.5) is 13.2 Å². The minimum absolute atomic E-state index is 0.0398. The molecule has 5 nitrogen and oxygen atoms in total. The molecule has 0 aliphatic carbocycles. The van der Waals surface area contributed by atoms with Gasteiger partial charge in [0.1, 0.15) is 23.1 Å². The minimum Gasteiger partial charge on any atom is -0.457 e. The summed E-state index contributed by atoms with van der Waals surface area (Å²) in [5, 5.41) is 10.3. The fourth-order valence-corrected chi connectivity index (χ4v) is 4.51. The van der Waals surface area contributed by atoms with Crippen molar-refractivity contribution < 1.29 is 17.9 Å². The van der Waals surface area contributed by atoms with Gasteiger partial charge in [-0.25, -0.2) is 4.98 Å². The monoisotopic (exact) mass is 495 g/mol. The van der Waals surface area contributed by atoms with Crippen molar-refractivity contribution in [3.05, 3.63) is 97.7 Å². The number of nitrogens with zero attached hydrogens (tertiary/aromatic N) is 3. The predicted molar refractivity (Wildman–Crippen MR) is 128 cm³/mol. The van der Waals surface area contributed by atoms with Gasteiger partial charge in [-0.1, -0.05) is 25.1 Å². The number of para-hydroxylation sites is 1. The maximum atomic E-state index is 13.8. The Balaban J connectivity index is 1.84. The highest BCUT2D eigenvalue weighted by Crippen LogP contribution is 2.34. The van der Waals surface area contributed by atoms with Gasteiger partial charge >= 0.3 is 6.18 Å². The van der Waals surface area contributed by atoms with Crippen molar-refractivity contribution in [3.8, 4) is 28.8 Å². The normalized spacial score (nSPS) is 11.3. The molecule has 0 spiro atoms. The van der Waals surface area contributed by atoms with E-state index < -0.39 is 22.9 Å². The number of benzene rings is 2. The zero-order valence-electron chi connectivity index (χ0n) is 18.9. The van der Waals surface area contributed by atoms with Gasteiger partial charge in [0.15, 0.2) is 0 Å². The number of aryl methyl sites for hydroxylation is 2. The van der Waals surface area contributed by atoms with Crippen molar-refractivity contribution in [2.75, 3.05) is 0 Å². The summed E-state index contributed by atoms with van der Waals surface area (Å²) in [5.41, 5.74) is -2.20. The quantitative estimate of drug-likeness (QED) is 0.303. The van der Waals surface area contributed by atoms with E-state index in [0.717, 1.165) is 16.0 Å². The zero-order chi connectivity index (χ0) is 25.2. The summed E-state index contributed by atoms with van der Waals surface area (Å²) in [7, 11) is 0. The summed E-state index contributed by atoms with van der Waals surface area (Å²) in [5.74, 6) is 1.10. The number of pyridine rings is 1. The van der Waals surface area contributed by atoms with Crippen LogP contribution in [0.15, 0.2) is 65.5 Å². The van der Waals surface area contributed by atoms with E-state index in [0.29, 0.717) is 29.2 Å². The summed E-state index contributed by atoms with van der Waals surface area (Å²) in [6, 6.07) is 17.8. The van der Waals surface area contributed by atoms with Crippen LogP contribution >= 0.6 is 11.3 Å². The molecule has 0 atom stereocenters. The number of halogens is 3. The first-order chi connectivity index (χ1) is 16.7. The van der Waals surface area contributed by atoms with E-state index in [1.54, 1.807) is 36.4 Å². The highest BCUT2D eigenvalue weighted by Gasteiger charge is 2.36. The number of ether oxygens (including phenoxy) is 1. The topological polar surface area (TPSA) is 67.9 Å². The Morgan fingerprint density at radius 2 is 1.74 bits per heavy atom. The molecule has 0 radical (unpaired) electrons. The number of alkyl halides is 3. The van der Waals surface area contributed by atoms with Gasteiger partial charge in [0.2, 0.25) is 0 Å². The summed E-state index contributed by atoms with van der Waals surface area (Å²) in [6.45, 7) is 3.75. The van der Waals surface area contributed by atoms with Gasteiger partial charge < -0.3 is 9.30 Å². The van der Waals surface area contributed by atoms with Gasteiger partial charge in [-0.2, -0.15) is 18.4 Å². The molecular formula is C26H20F3N3O2S. The molecule has 0 amide bonds. The molecule has 0 fully saturated rings. The third-order valence-corrected chi connectivity index (χ3v) is 6.55. The third kappa shape index (κ3) is 5.12. The second kappa shape index (κ2) is 9.76. The molecule has 35 heavy (non-hydrogen) atoms. The van der Waals surface area contributed by atoms with E-state index >= 15 is 0 Å².